The number of hydrogen-bond donors (Lipinski definition) is 2. The first kappa shape index (κ1) is 13.0. The predicted molar refractivity (Wildman–Crippen MR) is 58.4 cm³/mol. The molecule has 92 valence electrons. The van der Waals surface area contributed by atoms with Crippen LogP contribution < -0.4 is 5.32 Å². The maximum Gasteiger partial charge on any atom is 0.404 e. The molecule has 5 heteroatoms. The number of ether oxygens (including phenoxy) is 1. The lowest BCUT2D eigenvalue weighted by Gasteiger charge is -2.26. The molecular formula is C11H19NO4. The molecule has 0 aliphatic heterocycles. The van der Waals surface area contributed by atoms with E-state index in [1.165, 1.54) is 0 Å². The number of nitrogens with one attached hydrogen (secondary N) is 1. The van der Waals surface area contributed by atoms with E-state index >= 15 is 0 Å². The van der Waals surface area contributed by atoms with Gasteiger partial charge in [0.15, 0.2) is 0 Å². The fourth-order valence-corrected chi connectivity index (χ4v) is 1.92. The summed E-state index contributed by atoms with van der Waals surface area (Å²) >= 11 is 0. The standard InChI is InChI=1S/C11H19NO4/c1-8(12-11(14)15)7-16-10-4-2-9(6-13)3-5-10/h6,8-10,12H,2-5,7H2,1H3,(H,14,15). The molecule has 1 atom stereocenters. The SMILES string of the molecule is CC(COC1CCC(C=O)CC1)NC(=O)O. The molecule has 1 fully saturated rings. The number of rotatable bonds is 5. The first-order valence-corrected chi connectivity index (χ1v) is 5.68. The molecule has 1 unspecified atom stereocenters. The largest absolute Gasteiger partial charge is 0.465 e. The van der Waals surface area contributed by atoms with Gasteiger partial charge in [-0.15, -0.1) is 0 Å². The quantitative estimate of drug-likeness (QED) is 0.699. The Labute approximate surface area is 95.2 Å². The summed E-state index contributed by atoms with van der Waals surface area (Å²) in [4.78, 5) is 20.9. The molecule has 1 aliphatic carbocycles. The van der Waals surface area contributed by atoms with Crippen LogP contribution in [0.15, 0.2) is 0 Å². The van der Waals surface area contributed by atoms with Crippen LogP contribution >= 0.6 is 0 Å². The molecule has 0 aromatic carbocycles. The van der Waals surface area contributed by atoms with Gasteiger partial charge >= 0.3 is 6.09 Å². The summed E-state index contributed by atoms with van der Waals surface area (Å²) in [6.07, 6.45) is 3.72. The van der Waals surface area contributed by atoms with Gasteiger partial charge in [0.25, 0.3) is 0 Å². The minimum Gasteiger partial charge on any atom is -0.465 e. The lowest BCUT2D eigenvalue weighted by molar-refractivity contribution is -0.112. The molecule has 0 saturated heterocycles. The number of aldehydes is 1. The third-order valence-electron chi connectivity index (χ3n) is 2.86. The smallest absolute Gasteiger partial charge is 0.404 e. The van der Waals surface area contributed by atoms with Crippen molar-refractivity contribution in [1.29, 1.82) is 0 Å². The molecule has 0 aromatic heterocycles. The Morgan fingerprint density at radius 1 is 1.50 bits per heavy atom. The second kappa shape index (κ2) is 6.48. The van der Waals surface area contributed by atoms with Gasteiger partial charge in [-0.05, 0) is 32.6 Å². The summed E-state index contributed by atoms with van der Waals surface area (Å²) in [5.74, 6) is 0.189. The Hall–Kier alpha value is -1.10. The predicted octanol–water partition coefficient (Wildman–Crippen LogP) is 1.42. The van der Waals surface area contributed by atoms with Gasteiger partial charge in [-0.25, -0.2) is 4.79 Å². The van der Waals surface area contributed by atoms with Crippen LogP contribution in [0.3, 0.4) is 0 Å². The summed E-state index contributed by atoms with van der Waals surface area (Å²) in [6, 6.07) is -0.193. The van der Waals surface area contributed by atoms with E-state index in [2.05, 4.69) is 5.32 Å². The molecule has 0 heterocycles. The van der Waals surface area contributed by atoms with Crippen LogP contribution in [0, 0.1) is 5.92 Å². The highest BCUT2D eigenvalue weighted by atomic mass is 16.5. The average molecular weight is 229 g/mol. The first-order chi connectivity index (χ1) is 7.61. The second-order valence-electron chi connectivity index (χ2n) is 4.36. The molecule has 0 radical (unpaired) electrons. The summed E-state index contributed by atoms with van der Waals surface area (Å²) in [5.41, 5.74) is 0. The highest BCUT2D eigenvalue weighted by molar-refractivity contribution is 5.64. The molecule has 5 nitrogen and oxygen atoms in total. The highest BCUT2D eigenvalue weighted by Crippen LogP contribution is 2.24. The zero-order valence-electron chi connectivity index (χ0n) is 9.52. The summed E-state index contributed by atoms with van der Waals surface area (Å²) in [5, 5.41) is 10.8. The highest BCUT2D eigenvalue weighted by Gasteiger charge is 2.21. The van der Waals surface area contributed by atoms with Gasteiger partial charge in [-0.2, -0.15) is 0 Å². The van der Waals surface area contributed by atoms with E-state index in [-0.39, 0.29) is 18.1 Å². The van der Waals surface area contributed by atoms with Crippen LogP contribution in [0.1, 0.15) is 32.6 Å². The molecule has 1 amide bonds. The van der Waals surface area contributed by atoms with Crippen LogP contribution in [-0.2, 0) is 9.53 Å². The van der Waals surface area contributed by atoms with E-state index in [9.17, 15) is 9.59 Å². The van der Waals surface area contributed by atoms with Crippen molar-refractivity contribution in [2.45, 2.75) is 44.8 Å². The Kier molecular flexibility index (Phi) is 5.25. The van der Waals surface area contributed by atoms with Crippen LogP contribution in [0.2, 0.25) is 0 Å². The van der Waals surface area contributed by atoms with Gasteiger partial charge in [-0.3, -0.25) is 0 Å². The van der Waals surface area contributed by atoms with Crippen molar-refractivity contribution in [3.05, 3.63) is 0 Å². The van der Waals surface area contributed by atoms with E-state index in [1.807, 2.05) is 0 Å². The Morgan fingerprint density at radius 2 is 2.12 bits per heavy atom. The van der Waals surface area contributed by atoms with Crippen molar-refractivity contribution in [2.75, 3.05) is 6.61 Å². The molecule has 1 saturated carbocycles. The molecular weight excluding hydrogens is 210 g/mol. The molecule has 1 aliphatic rings. The maximum absolute atomic E-state index is 10.5. The third-order valence-corrected chi connectivity index (χ3v) is 2.86. The second-order valence-corrected chi connectivity index (χ2v) is 4.36. The topological polar surface area (TPSA) is 75.6 Å². The number of carboxylic acid groups (broad SMARTS) is 1. The lowest BCUT2D eigenvalue weighted by atomic mass is 9.88. The molecule has 0 bridgehead atoms. The van der Waals surface area contributed by atoms with Crippen LogP contribution in [0.5, 0.6) is 0 Å². The van der Waals surface area contributed by atoms with E-state index in [0.29, 0.717) is 6.61 Å². The molecule has 0 aromatic rings. The van der Waals surface area contributed by atoms with Gasteiger partial charge in [0.1, 0.15) is 6.29 Å². The van der Waals surface area contributed by atoms with E-state index < -0.39 is 6.09 Å². The summed E-state index contributed by atoms with van der Waals surface area (Å²) in [7, 11) is 0. The molecule has 0 spiro atoms. The number of amides is 1. The van der Waals surface area contributed by atoms with Crippen LogP contribution in [-0.4, -0.2) is 36.2 Å². The van der Waals surface area contributed by atoms with Gasteiger partial charge in [0.05, 0.1) is 18.8 Å². The number of carbonyl (C=O) groups is 2. The maximum atomic E-state index is 10.5. The van der Waals surface area contributed by atoms with Gasteiger partial charge < -0.3 is 20.0 Å². The Morgan fingerprint density at radius 3 is 2.62 bits per heavy atom. The minimum absolute atomic E-state index is 0.175. The summed E-state index contributed by atoms with van der Waals surface area (Å²) in [6.45, 7) is 2.16. The Balaban J connectivity index is 2.14. The zero-order chi connectivity index (χ0) is 12.0. The zero-order valence-corrected chi connectivity index (χ0v) is 9.52. The monoisotopic (exact) mass is 229 g/mol. The summed E-state index contributed by atoms with van der Waals surface area (Å²) < 4.78 is 5.60. The van der Waals surface area contributed by atoms with Crippen LogP contribution in [0.4, 0.5) is 4.79 Å². The molecule has 16 heavy (non-hydrogen) atoms. The van der Waals surface area contributed by atoms with E-state index in [1.54, 1.807) is 6.92 Å². The first-order valence-electron chi connectivity index (χ1n) is 5.68. The minimum atomic E-state index is -1.03. The van der Waals surface area contributed by atoms with Crippen molar-refractivity contribution >= 4 is 12.4 Å². The number of carbonyl (C=O) groups excluding carboxylic acids is 1. The van der Waals surface area contributed by atoms with Crippen LogP contribution in [0.25, 0.3) is 0 Å². The average Bonchev–Trinajstić information content (AvgIpc) is 2.26. The van der Waals surface area contributed by atoms with Crippen molar-refractivity contribution in [1.82, 2.24) is 5.32 Å². The van der Waals surface area contributed by atoms with Crippen molar-refractivity contribution in [3.8, 4) is 0 Å². The van der Waals surface area contributed by atoms with Crippen molar-refractivity contribution in [2.24, 2.45) is 5.92 Å². The molecule has 1 rings (SSSR count). The number of hydrogen-bond acceptors (Lipinski definition) is 3. The van der Waals surface area contributed by atoms with Gasteiger partial charge in [0, 0.05) is 5.92 Å². The van der Waals surface area contributed by atoms with Crippen molar-refractivity contribution in [3.63, 3.8) is 0 Å². The Bertz CT molecular complexity index is 236. The normalized spacial score (nSPS) is 27.1. The van der Waals surface area contributed by atoms with Crippen molar-refractivity contribution < 1.29 is 19.4 Å². The van der Waals surface area contributed by atoms with E-state index in [4.69, 9.17) is 9.84 Å². The fourth-order valence-electron chi connectivity index (χ4n) is 1.92. The van der Waals surface area contributed by atoms with E-state index in [0.717, 1.165) is 32.0 Å². The fraction of sp³-hybridized carbons (Fsp3) is 0.818. The lowest BCUT2D eigenvalue weighted by Crippen LogP contribution is -2.36. The van der Waals surface area contributed by atoms with Gasteiger partial charge in [-0.1, -0.05) is 0 Å². The van der Waals surface area contributed by atoms with Gasteiger partial charge in [0.2, 0.25) is 0 Å². The third kappa shape index (κ3) is 4.61. The molecule has 2 N–H and O–H groups in total.